The molecule has 9 heteroatoms. The van der Waals surface area contributed by atoms with Gasteiger partial charge in [-0.05, 0) is 44.5 Å². The van der Waals surface area contributed by atoms with Crippen LogP contribution in [0.4, 0.5) is 4.79 Å². The van der Waals surface area contributed by atoms with E-state index >= 15 is 0 Å². The maximum absolute atomic E-state index is 12.6. The Labute approximate surface area is 162 Å². The summed E-state index contributed by atoms with van der Waals surface area (Å²) in [7, 11) is -3.36. The van der Waals surface area contributed by atoms with Gasteiger partial charge in [0.1, 0.15) is 5.60 Å². The van der Waals surface area contributed by atoms with Crippen LogP contribution in [0.3, 0.4) is 0 Å². The van der Waals surface area contributed by atoms with E-state index in [9.17, 15) is 13.2 Å². The largest absolute Gasteiger partial charge is 0.444 e. The molecule has 1 aromatic rings. The highest BCUT2D eigenvalue weighted by Gasteiger charge is 2.37. The monoisotopic (exact) mass is 452 g/mol. The van der Waals surface area contributed by atoms with Gasteiger partial charge in [-0.15, -0.1) is 0 Å². The number of carbonyl (C=O) groups excluding carboxylic acids is 1. The summed E-state index contributed by atoms with van der Waals surface area (Å²) in [6.45, 7) is 6.02. The number of hydrogen-bond donors (Lipinski definition) is 0. The van der Waals surface area contributed by atoms with Gasteiger partial charge in [0, 0.05) is 29.1 Å². The van der Waals surface area contributed by atoms with Crippen LogP contribution in [0.25, 0.3) is 0 Å². The van der Waals surface area contributed by atoms with E-state index in [1.807, 2.05) is 6.07 Å². The van der Waals surface area contributed by atoms with Gasteiger partial charge in [0.25, 0.3) is 0 Å². The number of sulfonamides is 1. The lowest BCUT2D eigenvalue weighted by atomic mass is 10.0. The molecule has 1 aromatic carbocycles. The van der Waals surface area contributed by atoms with Crippen molar-refractivity contribution >= 4 is 43.6 Å². The van der Waals surface area contributed by atoms with Crippen LogP contribution in [0.1, 0.15) is 32.4 Å². The highest BCUT2D eigenvalue weighted by molar-refractivity contribution is 9.10. The third kappa shape index (κ3) is 5.57. The first-order valence-corrected chi connectivity index (χ1v) is 10.8. The molecule has 140 valence electrons. The Morgan fingerprint density at radius 2 is 1.92 bits per heavy atom. The number of benzene rings is 1. The summed E-state index contributed by atoms with van der Waals surface area (Å²) in [6, 6.07) is 4.83. The number of rotatable bonds is 2. The van der Waals surface area contributed by atoms with Crippen molar-refractivity contribution in [2.75, 3.05) is 25.9 Å². The number of piperazine rings is 1. The number of halogens is 2. The molecule has 0 saturated carbocycles. The summed E-state index contributed by atoms with van der Waals surface area (Å²) in [4.78, 5) is 14.2. The summed E-state index contributed by atoms with van der Waals surface area (Å²) in [5.41, 5.74) is 0.114. The average Bonchev–Trinajstić information content (AvgIpc) is 2.42. The van der Waals surface area contributed by atoms with Crippen molar-refractivity contribution in [3.63, 3.8) is 0 Å². The highest BCUT2D eigenvalue weighted by atomic mass is 79.9. The molecule has 0 aliphatic carbocycles. The quantitative estimate of drug-likeness (QED) is 0.685. The van der Waals surface area contributed by atoms with Gasteiger partial charge >= 0.3 is 6.09 Å². The molecule has 1 fully saturated rings. The van der Waals surface area contributed by atoms with Gasteiger partial charge in [-0.2, -0.15) is 4.31 Å². The minimum atomic E-state index is -3.36. The second-order valence-corrected chi connectivity index (χ2v) is 10.3. The molecule has 1 aliphatic heterocycles. The van der Waals surface area contributed by atoms with Crippen molar-refractivity contribution in [1.82, 2.24) is 9.21 Å². The lowest BCUT2D eigenvalue weighted by Gasteiger charge is -2.41. The fourth-order valence-corrected chi connectivity index (χ4v) is 4.36. The predicted molar refractivity (Wildman–Crippen MR) is 101 cm³/mol. The summed E-state index contributed by atoms with van der Waals surface area (Å²) < 4.78 is 31.5. The molecule has 0 bridgehead atoms. The van der Waals surface area contributed by atoms with Crippen LogP contribution in [0.5, 0.6) is 0 Å². The predicted octanol–water partition coefficient (Wildman–Crippen LogP) is 3.66. The van der Waals surface area contributed by atoms with Crippen LogP contribution in [0.2, 0.25) is 5.02 Å². The van der Waals surface area contributed by atoms with E-state index in [4.69, 9.17) is 16.3 Å². The normalized spacial score (nSPS) is 19.8. The molecule has 0 N–H and O–H groups in total. The Balaban J connectivity index is 2.39. The zero-order chi connectivity index (χ0) is 19.0. The molecule has 0 radical (unpaired) electrons. The fraction of sp³-hybridized carbons (Fsp3) is 0.562. The van der Waals surface area contributed by atoms with Gasteiger partial charge < -0.3 is 4.74 Å². The molecule has 25 heavy (non-hydrogen) atoms. The maximum atomic E-state index is 12.6. The Bertz CT molecular complexity index is 744. The number of nitrogens with zero attached hydrogens (tertiary/aromatic N) is 2. The second kappa shape index (κ2) is 7.42. The van der Waals surface area contributed by atoms with Gasteiger partial charge in [-0.3, -0.25) is 4.90 Å². The summed E-state index contributed by atoms with van der Waals surface area (Å²) in [5, 5.41) is 0.505. The zero-order valence-corrected chi connectivity index (χ0v) is 17.8. The van der Waals surface area contributed by atoms with Crippen LogP contribution in [-0.2, 0) is 14.8 Å². The maximum Gasteiger partial charge on any atom is 0.410 e. The van der Waals surface area contributed by atoms with Crippen LogP contribution < -0.4 is 0 Å². The van der Waals surface area contributed by atoms with Gasteiger partial charge in [0.05, 0.1) is 12.3 Å². The standard InChI is InChI=1S/C16H22BrClN2O4S/c1-16(2,3)24-15(21)20-6-5-19(25(4,22)23)10-14(20)11-7-12(17)9-13(18)8-11/h7-9,14H,5-6,10H2,1-4H3/t14-/m1/s1. The minimum Gasteiger partial charge on any atom is -0.444 e. The molecule has 2 rings (SSSR count). The molecule has 0 aromatic heterocycles. The van der Waals surface area contributed by atoms with E-state index < -0.39 is 27.8 Å². The topological polar surface area (TPSA) is 66.9 Å². The Kier molecular flexibility index (Phi) is 6.08. The molecule has 1 saturated heterocycles. The van der Waals surface area contributed by atoms with Crippen LogP contribution in [0.15, 0.2) is 22.7 Å². The number of hydrogen-bond acceptors (Lipinski definition) is 4. The first-order chi connectivity index (χ1) is 11.4. The first-order valence-electron chi connectivity index (χ1n) is 7.77. The highest BCUT2D eigenvalue weighted by Crippen LogP contribution is 2.32. The van der Waals surface area contributed by atoms with Crippen LogP contribution in [-0.4, -0.2) is 55.2 Å². The fourth-order valence-electron chi connectivity index (χ4n) is 2.65. The van der Waals surface area contributed by atoms with Gasteiger partial charge in [0.2, 0.25) is 10.0 Å². The Hall–Kier alpha value is -0.830. The van der Waals surface area contributed by atoms with Crippen molar-refractivity contribution in [3.8, 4) is 0 Å². The molecule has 1 heterocycles. The lowest BCUT2D eigenvalue weighted by molar-refractivity contribution is 0.00580. The smallest absolute Gasteiger partial charge is 0.410 e. The SMILES string of the molecule is CC(C)(C)OC(=O)N1CCN(S(C)(=O)=O)C[C@@H]1c1cc(Cl)cc(Br)c1. The van der Waals surface area contributed by atoms with Crippen molar-refractivity contribution in [2.45, 2.75) is 32.4 Å². The minimum absolute atomic E-state index is 0.158. The summed E-state index contributed by atoms with van der Waals surface area (Å²) >= 11 is 9.52. The molecule has 1 amide bonds. The van der Waals surface area contributed by atoms with E-state index in [1.54, 1.807) is 37.8 Å². The van der Waals surface area contributed by atoms with Crippen molar-refractivity contribution < 1.29 is 17.9 Å². The molecular formula is C16H22BrClN2O4S. The van der Waals surface area contributed by atoms with Crippen molar-refractivity contribution in [3.05, 3.63) is 33.3 Å². The number of carbonyl (C=O) groups is 1. The summed E-state index contributed by atoms with van der Waals surface area (Å²) in [6.07, 6.45) is 0.697. The molecule has 1 aliphatic rings. The van der Waals surface area contributed by atoms with Crippen LogP contribution >= 0.6 is 27.5 Å². The molecule has 0 spiro atoms. The van der Waals surface area contributed by atoms with E-state index in [0.717, 1.165) is 10.0 Å². The van der Waals surface area contributed by atoms with E-state index in [-0.39, 0.29) is 19.6 Å². The Morgan fingerprint density at radius 1 is 1.28 bits per heavy atom. The molecule has 0 unspecified atom stereocenters. The number of ether oxygens (including phenoxy) is 1. The van der Waals surface area contributed by atoms with E-state index in [0.29, 0.717) is 5.02 Å². The third-order valence-electron chi connectivity index (χ3n) is 3.71. The van der Waals surface area contributed by atoms with Crippen LogP contribution in [0, 0.1) is 0 Å². The average molecular weight is 454 g/mol. The van der Waals surface area contributed by atoms with E-state index in [2.05, 4.69) is 15.9 Å². The molecule has 6 nitrogen and oxygen atoms in total. The van der Waals surface area contributed by atoms with Gasteiger partial charge in [-0.25, -0.2) is 13.2 Å². The lowest BCUT2D eigenvalue weighted by Crippen LogP contribution is -2.53. The van der Waals surface area contributed by atoms with Crippen molar-refractivity contribution in [1.29, 1.82) is 0 Å². The summed E-state index contributed by atoms with van der Waals surface area (Å²) in [5.74, 6) is 0. The van der Waals surface area contributed by atoms with Gasteiger partial charge in [0.15, 0.2) is 0 Å². The van der Waals surface area contributed by atoms with E-state index in [1.165, 1.54) is 10.6 Å². The zero-order valence-electron chi connectivity index (χ0n) is 14.6. The molecular weight excluding hydrogens is 432 g/mol. The number of amides is 1. The first kappa shape index (κ1) is 20.5. The molecule has 1 atom stereocenters. The third-order valence-corrected chi connectivity index (χ3v) is 5.66. The van der Waals surface area contributed by atoms with Crippen molar-refractivity contribution in [2.24, 2.45) is 0 Å². The second-order valence-electron chi connectivity index (χ2n) is 7.01. The Morgan fingerprint density at radius 3 is 2.44 bits per heavy atom. The van der Waals surface area contributed by atoms with Gasteiger partial charge in [-0.1, -0.05) is 27.5 Å².